The Hall–Kier alpha value is -0.0400. The molecule has 1 atom stereocenters. The molecule has 0 aromatic rings. The predicted molar refractivity (Wildman–Crippen MR) is 111 cm³/mol. The van der Waals surface area contributed by atoms with Gasteiger partial charge in [0.1, 0.15) is 0 Å². The maximum Gasteiger partial charge on any atom is -0.00237 e. The molecule has 0 radical (unpaired) electrons. The van der Waals surface area contributed by atoms with E-state index >= 15 is 0 Å². The van der Waals surface area contributed by atoms with Crippen molar-refractivity contribution in [1.82, 2.24) is 5.32 Å². The molecule has 23 heavy (non-hydrogen) atoms. The number of nitrogens with one attached hydrogen (secondary N) is 1. The van der Waals surface area contributed by atoms with Crippen molar-refractivity contribution in [3.05, 3.63) is 0 Å². The second-order valence-corrected chi connectivity index (χ2v) is 6.96. The lowest BCUT2D eigenvalue weighted by Crippen LogP contribution is -2.17. The Bertz CT molecular complexity index is 159. The second kappa shape index (κ2) is 26.8. The quantitative estimate of drug-likeness (QED) is 0.359. The van der Waals surface area contributed by atoms with Crippen molar-refractivity contribution in [1.29, 1.82) is 0 Å². The largest absolute Gasteiger partial charge is 0.319 e. The Labute approximate surface area is 150 Å². The maximum atomic E-state index is 3.17. The van der Waals surface area contributed by atoms with Crippen LogP contribution in [0.3, 0.4) is 0 Å². The summed E-state index contributed by atoms with van der Waals surface area (Å²) in [5.41, 5.74) is 0. The van der Waals surface area contributed by atoms with Gasteiger partial charge in [-0.1, -0.05) is 119 Å². The summed E-state index contributed by atoms with van der Waals surface area (Å²) in [6.07, 6.45) is 15.1. The molecular weight excluding hydrogens is 278 g/mol. The average Bonchev–Trinajstić information content (AvgIpc) is 2.59. The molecule has 0 aromatic heterocycles. The van der Waals surface area contributed by atoms with Gasteiger partial charge in [0, 0.05) is 0 Å². The molecule has 1 unspecified atom stereocenters. The Balaban J connectivity index is -0.000000262. The highest BCUT2D eigenvalue weighted by Crippen LogP contribution is 2.09. The van der Waals surface area contributed by atoms with Crippen molar-refractivity contribution in [3.63, 3.8) is 0 Å². The van der Waals surface area contributed by atoms with Crippen LogP contribution in [-0.2, 0) is 0 Å². The number of hydrogen-bond acceptors (Lipinski definition) is 1. The lowest BCUT2D eigenvalue weighted by atomic mass is 10.0. The van der Waals surface area contributed by atoms with Gasteiger partial charge in [0.25, 0.3) is 0 Å². The van der Waals surface area contributed by atoms with E-state index in [2.05, 4.69) is 53.8 Å². The van der Waals surface area contributed by atoms with Gasteiger partial charge in [-0.3, -0.25) is 0 Å². The Morgan fingerprint density at radius 1 is 0.652 bits per heavy atom. The first kappa shape index (κ1) is 27.8. The van der Waals surface area contributed by atoms with Crippen molar-refractivity contribution in [3.8, 4) is 0 Å². The third kappa shape index (κ3) is 30.4. The molecule has 0 bridgehead atoms. The zero-order valence-corrected chi connectivity index (χ0v) is 18.1. The standard InChI is InChI=1S/C8H18.C7H17N.C7H16/c1-4-6-7-8(3)5-2;1-4-7(5-2)6-8-3;1-3-5-7-6-4-2/h8H,4-7H2,1-3H3;7-8H,4-6H2,1-3H3;3-7H2,1-2H3. The van der Waals surface area contributed by atoms with Gasteiger partial charge in [0.2, 0.25) is 0 Å². The summed E-state index contributed by atoms with van der Waals surface area (Å²) >= 11 is 0. The van der Waals surface area contributed by atoms with E-state index in [1.807, 2.05) is 7.05 Å². The fraction of sp³-hybridized carbons (Fsp3) is 1.00. The fourth-order valence-electron chi connectivity index (χ4n) is 2.30. The fourth-order valence-corrected chi connectivity index (χ4v) is 2.30. The number of rotatable bonds is 12. The predicted octanol–water partition coefficient (Wildman–Crippen LogP) is 7.84. The monoisotopic (exact) mass is 329 g/mol. The summed E-state index contributed by atoms with van der Waals surface area (Å²) in [6.45, 7) is 17.0. The van der Waals surface area contributed by atoms with Crippen molar-refractivity contribution >= 4 is 0 Å². The molecule has 0 amide bonds. The van der Waals surface area contributed by atoms with Gasteiger partial charge >= 0.3 is 0 Å². The Morgan fingerprint density at radius 3 is 1.39 bits per heavy atom. The van der Waals surface area contributed by atoms with E-state index in [4.69, 9.17) is 0 Å². The van der Waals surface area contributed by atoms with Crippen LogP contribution in [0.5, 0.6) is 0 Å². The van der Waals surface area contributed by atoms with Gasteiger partial charge in [-0.2, -0.15) is 0 Å². The maximum absolute atomic E-state index is 3.17. The molecule has 0 aliphatic heterocycles. The average molecular weight is 330 g/mol. The molecule has 0 fully saturated rings. The molecule has 144 valence electrons. The van der Waals surface area contributed by atoms with Gasteiger partial charge < -0.3 is 5.32 Å². The SMILES string of the molecule is CCC(CC)CNC.CCCCC(C)CC.CCCCCCC. The number of unbranched alkanes of at least 4 members (excludes halogenated alkanes) is 5. The third-order valence-electron chi connectivity index (χ3n) is 4.60. The lowest BCUT2D eigenvalue weighted by Gasteiger charge is -2.09. The molecule has 0 aromatic carbocycles. The van der Waals surface area contributed by atoms with E-state index in [1.54, 1.807) is 0 Å². The smallest absolute Gasteiger partial charge is 0.00237 e. The normalized spacial score (nSPS) is 11.3. The van der Waals surface area contributed by atoms with Crippen molar-refractivity contribution in [2.24, 2.45) is 11.8 Å². The summed E-state index contributed by atoms with van der Waals surface area (Å²) in [7, 11) is 2.01. The van der Waals surface area contributed by atoms with E-state index < -0.39 is 0 Å². The molecule has 1 heteroatoms. The molecule has 0 aliphatic carbocycles. The zero-order valence-electron chi connectivity index (χ0n) is 18.1. The zero-order chi connectivity index (χ0) is 18.3. The van der Waals surface area contributed by atoms with E-state index in [1.165, 1.54) is 77.2 Å². The van der Waals surface area contributed by atoms with Crippen molar-refractivity contribution in [2.75, 3.05) is 13.6 Å². The molecule has 1 nitrogen and oxygen atoms in total. The van der Waals surface area contributed by atoms with Crippen LogP contribution in [0.1, 0.15) is 119 Å². The minimum absolute atomic E-state index is 0.889. The van der Waals surface area contributed by atoms with Crippen molar-refractivity contribution in [2.45, 2.75) is 119 Å². The topological polar surface area (TPSA) is 12.0 Å². The van der Waals surface area contributed by atoms with Crippen LogP contribution < -0.4 is 5.32 Å². The van der Waals surface area contributed by atoms with Crippen LogP contribution in [0, 0.1) is 11.8 Å². The van der Waals surface area contributed by atoms with Gasteiger partial charge in [-0.25, -0.2) is 0 Å². The van der Waals surface area contributed by atoms with Crippen LogP contribution in [0.4, 0.5) is 0 Å². The lowest BCUT2D eigenvalue weighted by molar-refractivity contribution is 0.469. The molecule has 0 rings (SSSR count). The van der Waals surface area contributed by atoms with Crippen LogP contribution in [0.25, 0.3) is 0 Å². The van der Waals surface area contributed by atoms with Gasteiger partial charge in [-0.05, 0) is 25.4 Å². The minimum Gasteiger partial charge on any atom is -0.319 e. The molecule has 0 heterocycles. The van der Waals surface area contributed by atoms with Crippen LogP contribution >= 0.6 is 0 Å². The van der Waals surface area contributed by atoms with Gasteiger partial charge in [0.05, 0.1) is 0 Å². The highest BCUT2D eigenvalue weighted by atomic mass is 14.8. The van der Waals surface area contributed by atoms with E-state index in [-0.39, 0.29) is 0 Å². The van der Waals surface area contributed by atoms with Gasteiger partial charge in [0.15, 0.2) is 0 Å². The highest BCUT2D eigenvalue weighted by molar-refractivity contribution is 4.54. The molecule has 0 saturated carbocycles. The minimum atomic E-state index is 0.889. The first-order chi connectivity index (χ1) is 11.1. The summed E-state index contributed by atoms with van der Waals surface area (Å²) in [6, 6.07) is 0. The Kier molecular flexibility index (Phi) is 32.4. The molecule has 0 aliphatic rings. The van der Waals surface area contributed by atoms with Crippen molar-refractivity contribution < 1.29 is 0 Å². The van der Waals surface area contributed by atoms with E-state index in [0.717, 1.165) is 11.8 Å². The Morgan fingerprint density at radius 2 is 1.13 bits per heavy atom. The van der Waals surface area contributed by atoms with E-state index in [0.29, 0.717) is 0 Å². The molecule has 0 spiro atoms. The van der Waals surface area contributed by atoms with E-state index in [9.17, 15) is 0 Å². The highest BCUT2D eigenvalue weighted by Gasteiger charge is 1.98. The van der Waals surface area contributed by atoms with Crippen LogP contribution in [0.15, 0.2) is 0 Å². The van der Waals surface area contributed by atoms with Gasteiger partial charge in [-0.15, -0.1) is 0 Å². The molecular formula is C22H51N. The third-order valence-corrected chi connectivity index (χ3v) is 4.60. The van der Waals surface area contributed by atoms with Crippen LogP contribution in [-0.4, -0.2) is 13.6 Å². The molecule has 0 saturated heterocycles. The first-order valence-electron chi connectivity index (χ1n) is 10.7. The summed E-state index contributed by atoms with van der Waals surface area (Å²) in [4.78, 5) is 0. The molecule has 1 N–H and O–H groups in total. The first-order valence-corrected chi connectivity index (χ1v) is 10.7. The second-order valence-electron chi connectivity index (χ2n) is 6.96. The van der Waals surface area contributed by atoms with Crippen LogP contribution in [0.2, 0.25) is 0 Å². The number of hydrogen-bond donors (Lipinski definition) is 1. The summed E-state index contributed by atoms with van der Waals surface area (Å²) in [5, 5.41) is 3.17. The summed E-state index contributed by atoms with van der Waals surface area (Å²) < 4.78 is 0. The summed E-state index contributed by atoms with van der Waals surface area (Å²) in [5.74, 6) is 1.84.